The molecule has 2 aromatic carbocycles. The third-order valence-electron chi connectivity index (χ3n) is 4.13. The summed E-state index contributed by atoms with van der Waals surface area (Å²) in [5.74, 6) is 0.483. The van der Waals surface area contributed by atoms with E-state index < -0.39 is 24.1 Å². The molecule has 0 spiro atoms. The van der Waals surface area contributed by atoms with Gasteiger partial charge in [-0.2, -0.15) is 0 Å². The zero-order valence-electron chi connectivity index (χ0n) is 14.3. The lowest BCUT2D eigenvalue weighted by Gasteiger charge is -2.23. The molecule has 0 radical (unpaired) electrons. The minimum Gasteiger partial charge on any atom is -0.495 e. The molecule has 0 aromatic heterocycles. The maximum Gasteiger partial charge on any atom is 0.416 e. The summed E-state index contributed by atoms with van der Waals surface area (Å²) in [5, 5.41) is 12.7. The van der Waals surface area contributed by atoms with Crippen LogP contribution in [0.3, 0.4) is 0 Å². The van der Waals surface area contributed by atoms with Gasteiger partial charge in [0.25, 0.3) is 0 Å². The number of hydrogen-bond acceptors (Lipinski definition) is 5. The van der Waals surface area contributed by atoms with Crippen LogP contribution >= 0.6 is 0 Å². The van der Waals surface area contributed by atoms with E-state index in [4.69, 9.17) is 9.47 Å². The molecule has 0 unspecified atom stereocenters. The number of nitrogens with zero attached hydrogens (tertiary/aromatic N) is 1. The Morgan fingerprint density at radius 1 is 1.12 bits per heavy atom. The van der Waals surface area contributed by atoms with E-state index in [1.807, 2.05) is 0 Å². The highest BCUT2D eigenvalue weighted by molar-refractivity contribution is 5.98. The zero-order valence-corrected chi connectivity index (χ0v) is 14.3. The molecule has 2 aromatic rings. The number of β-amino-alcohol motifs (C(OH)–C–C–N with tert-alkyl or cyclic N) is 1. The SMILES string of the molecule is COc1ccccc1NC(=O)[C@@H]1C[C@@H](O)CN1C(=O)Oc1ccccc1. The van der Waals surface area contributed by atoms with Crippen molar-refractivity contribution >= 4 is 17.7 Å². The van der Waals surface area contributed by atoms with Gasteiger partial charge in [-0.15, -0.1) is 0 Å². The Morgan fingerprint density at radius 2 is 1.81 bits per heavy atom. The second-order valence-electron chi connectivity index (χ2n) is 5.93. The van der Waals surface area contributed by atoms with E-state index >= 15 is 0 Å². The predicted octanol–water partition coefficient (Wildman–Crippen LogP) is 2.27. The Hall–Kier alpha value is -3.06. The molecule has 1 aliphatic rings. The summed E-state index contributed by atoms with van der Waals surface area (Å²) < 4.78 is 10.5. The minimum atomic E-state index is -0.828. The Labute approximate surface area is 151 Å². The topological polar surface area (TPSA) is 88.1 Å². The van der Waals surface area contributed by atoms with Crippen molar-refractivity contribution in [1.82, 2.24) is 4.90 Å². The van der Waals surface area contributed by atoms with Crippen molar-refractivity contribution in [3.8, 4) is 11.5 Å². The number of benzene rings is 2. The monoisotopic (exact) mass is 356 g/mol. The molecule has 2 amide bonds. The number of carbonyl (C=O) groups excluding carboxylic acids is 2. The molecule has 1 heterocycles. The molecular formula is C19H20N2O5. The zero-order chi connectivity index (χ0) is 18.5. The van der Waals surface area contributed by atoms with Crippen molar-refractivity contribution in [3.05, 3.63) is 54.6 Å². The third-order valence-corrected chi connectivity index (χ3v) is 4.13. The highest BCUT2D eigenvalue weighted by Crippen LogP contribution is 2.26. The number of amides is 2. The summed E-state index contributed by atoms with van der Waals surface area (Å²) in [5.41, 5.74) is 0.498. The average molecular weight is 356 g/mol. The predicted molar refractivity (Wildman–Crippen MR) is 95.2 cm³/mol. The molecule has 0 aliphatic carbocycles. The molecule has 7 nitrogen and oxygen atoms in total. The lowest BCUT2D eigenvalue weighted by atomic mass is 10.2. The Morgan fingerprint density at radius 3 is 2.54 bits per heavy atom. The first-order valence-electron chi connectivity index (χ1n) is 8.24. The summed E-state index contributed by atoms with van der Waals surface area (Å²) >= 11 is 0. The fourth-order valence-electron chi connectivity index (χ4n) is 2.88. The van der Waals surface area contributed by atoms with Crippen LogP contribution in [-0.2, 0) is 4.79 Å². The van der Waals surface area contributed by atoms with Crippen molar-refractivity contribution in [1.29, 1.82) is 0 Å². The Balaban J connectivity index is 1.72. The van der Waals surface area contributed by atoms with Gasteiger partial charge in [-0.25, -0.2) is 4.79 Å². The van der Waals surface area contributed by atoms with Crippen molar-refractivity contribution in [3.63, 3.8) is 0 Å². The van der Waals surface area contributed by atoms with E-state index in [9.17, 15) is 14.7 Å². The number of anilines is 1. The molecular weight excluding hydrogens is 336 g/mol. The summed E-state index contributed by atoms with van der Waals surface area (Å²) in [6.07, 6.45) is -1.31. The van der Waals surface area contributed by atoms with E-state index in [-0.39, 0.29) is 13.0 Å². The van der Waals surface area contributed by atoms with Crippen LogP contribution in [0.1, 0.15) is 6.42 Å². The number of rotatable bonds is 4. The summed E-state index contributed by atoms with van der Waals surface area (Å²) in [4.78, 5) is 26.3. The van der Waals surface area contributed by atoms with Gasteiger partial charge in [0.1, 0.15) is 17.5 Å². The molecule has 0 bridgehead atoms. The van der Waals surface area contributed by atoms with Crippen LogP contribution < -0.4 is 14.8 Å². The smallest absolute Gasteiger partial charge is 0.416 e. The van der Waals surface area contributed by atoms with Crippen LogP contribution in [0.25, 0.3) is 0 Å². The number of ether oxygens (including phenoxy) is 2. The molecule has 2 atom stereocenters. The molecule has 7 heteroatoms. The van der Waals surface area contributed by atoms with Crippen molar-refractivity contribution in [2.75, 3.05) is 19.0 Å². The first kappa shape index (κ1) is 17.8. The summed E-state index contributed by atoms with van der Waals surface area (Å²) in [7, 11) is 1.51. The van der Waals surface area contributed by atoms with Gasteiger partial charge in [0, 0.05) is 6.42 Å². The van der Waals surface area contributed by atoms with Crippen LogP contribution in [0.4, 0.5) is 10.5 Å². The quantitative estimate of drug-likeness (QED) is 0.877. The Kier molecular flexibility index (Phi) is 5.38. The average Bonchev–Trinajstić information content (AvgIpc) is 3.05. The standard InChI is InChI=1S/C19H20N2O5/c1-25-17-10-6-5-9-15(17)20-18(23)16-11-13(22)12-21(16)19(24)26-14-7-3-2-4-8-14/h2-10,13,16,22H,11-12H2,1H3,(H,20,23)/t13-,16+/m1/s1. The fraction of sp³-hybridized carbons (Fsp3) is 0.263. The van der Waals surface area contributed by atoms with Crippen molar-refractivity contribution in [2.24, 2.45) is 0 Å². The fourth-order valence-corrected chi connectivity index (χ4v) is 2.88. The number of nitrogens with one attached hydrogen (secondary N) is 1. The molecule has 0 saturated carbocycles. The highest BCUT2D eigenvalue weighted by Gasteiger charge is 2.40. The first-order valence-corrected chi connectivity index (χ1v) is 8.24. The van der Waals surface area contributed by atoms with Gasteiger partial charge in [0.05, 0.1) is 25.4 Å². The highest BCUT2D eigenvalue weighted by atomic mass is 16.6. The largest absolute Gasteiger partial charge is 0.495 e. The van der Waals surface area contributed by atoms with Crippen molar-refractivity contribution < 1.29 is 24.2 Å². The number of aliphatic hydroxyl groups is 1. The molecule has 1 aliphatic heterocycles. The van der Waals surface area contributed by atoms with E-state index in [0.29, 0.717) is 17.2 Å². The van der Waals surface area contributed by atoms with Crippen LogP contribution in [0.5, 0.6) is 11.5 Å². The number of aliphatic hydroxyl groups excluding tert-OH is 1. The van der Waals surface area contributed by atoms with Gasteiger partial charge in [0.15, 0.2) is 0 Å². The van der Waals surface area contributed by atoms with Crippen molar-refractivity contribution in [2.45, 2.75) is 18.6 Å². The lowest BCUT2D eigenvalue weighted by molar-refractivity contribution is -0.119. The van der Waals surface area contributed by atoms with E-state index in [1.165, 1.54) is 12.0 Å². The van der Waals surface area contributed by atoms with Gasteiger partial charge in [0.2, 0.25) is 5.91 Å². The summed E-state index contributed by atoms with van der Waals surface area (Å²) in [6.45, 7) is 0.0374. The molecule has 26 heavy (non-hydrogen) atoms. The molecule has 136 valence electrons. The van der Waals surface area contributed by atoms with Crippen LogP contribution in [0.2, 0.25) is 0 Å². The van der Waals surface area contributed by atoms with Gasteiger partial charge < -0.3 is 19.9 Å². The lowest BCUT2D eigenvalue weighted by Crippen LogP contribution is -2.44. The maximum absolute atomic E-state index is 12.7. The maximum atomic E-state index is 12.7. The number of methoxy groups -OCH3 is 1. The Bertz CT molecular complexity index is 781. The first-order chi connectivity index (χ1) is 12.6. The van der Waals surface area contributed by atoms with Crippen LogP contribution in [0.15, 0.2) is 54.6 Å². The van der Waals surface area contributed by atoms with Gasteiger partial charge in [-0.1, -0.05) is 30.3 Å². The van der Waals surface area contributed by atoms with Gasteiger partial charge in [-0.05, 0) is 24.3 Å². The van der Waals surface area contributed by atoms with Gasteiger partial charge in [-0.3, -0.25) is 9.69 Å². The summed E-state index contributed by atoms with van der Waals surface area (Å²) in [6, 6.07) is 14.7. The number of hydrogen-bond donors (Lipinski definition) is 2. The van der Waals surface area contributed by atoms with Crippen LogP contribution in [-0.4, -0.2) is 47.8 Å². The third kappa shape index (κ3) is 3.94. The van der Waals surface area contributed by atoms with Crippen LogP contribution in [0, 0.1) is 0 Å². The molecule has 2 N–H and O–H groups in total. The van der Waals surface area contributed by atoms with E-state index in [1.54, 1.807) is 54.6 Å². The van der Waals surface area contributed by atoms with Gasteiger partial charge >= 0.3 is 6.09 Å². The normalized spacial score (nSPS) is 19.1. The molecule has 1 saturated heterocycles. The second-order valence-corrected chi connectivity index (χ2v) is 5.93. The molecule has 1 fully saturated rings. The van der Waals surface area contributed by atoms with E-state index in [2.05, 4.69) is 5.32 Å². The van der Waals surface area contributed by atoms with E-state index in [0.717, 1.165) is 0 Å². The minimum absolute atomic E-state index is 0.0374. The molecule has 3 rings (SSSR count). The number of likely N-dealkylation sites (tertiary alicyclic amines) is 1. The number of para-hydroxylation sites is 3. The second kappa shape index (κ2) is 7.88. The number of carbonyl (C=O) groups is 2.